The van der Waals surface area contributed by atoms with Gasteiger partial charge in [-0.3, -0.25) is 0 Å². The molecule has 0 bridgehead atoms. The Hall–Kier alpha value is -2.66. The maximum atomic E-state index is 12.1. The van der Waals surface area contributed by atoms with Crippen molar-refractivity contribution in [3.63, 3.8) is 0 Å². The zero-order chi connectivity index (χ0) is 17.1. The third kappa shape index (κ3) is 3.81. The van der Waals surface area contributed by atoms with Gasteiger partial charge in [-0.25, -0.2) is 4.79 Å². The SMILES string of the molecule is Cc1cc(C)cc(C(=O)OCc2nnc(-c3ccc(Cl)cc3)o2)c1. The number of aromatic nitrogens is 2. The highest BCUT2D eigenvalue weighted by Crippen LogP contribution is 2.20. The quantitative estimate of drug-likeness (QED) is 0.659. The predicted molar refractivity (Wildman–Crippen MR) is 89.8 cm³/mol. The lowest BCUT2D eigenvalue weighted by molar-refractivity contribution is 0.0438. The smallest absolute Gasteiger partial charge is 0.338 e. The molecule has 0 N–H and O–H groups in total. The van der Waals surface area contributed by atoms with E-state index in [0.29, 0.717) is 16.5 Å². The molecule has 1 aromatic heterocycles. The second-order valence-corrected chi connectivity index (χ2v) is 5.90. The number of nitrogens with zero attached hydrogens (tertiary/aromatic N) is 2. The molecule has 0 amide bonds. The van der Waals surface area contributed by atoms with Crippen LogP contribution in [0.25, 0.3) is 11.5 Å². The maximum absolute atomic E-state index is 12.1. The Balaban J connectivity index is 1.67. The lowest BCUT2D eigenvalue weighted by Gasteiger charge is -2.04. The van der Waals surface area contributed by atoms with Crippen LogP contribution in [-0.2, 0) is 11.3 Å². The average Bonchev–Trinajstić information content (AvgIpc) is 3.01. The molecule has 0 atom stereocenters. The number of carbonyl (C=O) groups is 1. The van der Waals surface area contributed by atoms with E-state index in [1.54, 1.807) is 36.4 Å². The Kier molecular flexibility index (Phi) is 4.62. The summed E-state index contributed by atoms with van der Waals surface area (Å²) >= 11 is 5.85. The van der Waals surface area contributed by atoms with Gasteiger partial charge in [-0.2, -0.15) is 0 Å². The molecule has 6 heteroatoms. The van der Waals surface area contributed by atoms with E-state index in [0.717, 1.165) is 16.7 Å². The molecule has 0 unspecified atom stereocenters. The van der Waals surface area contributed by atoms with E-state index in [9.17, 15) is 4.79 Å². The summed E-state index contributed by atoms with van der Waals surface area (Å²) in [6.45, 7) is 3.78. The fraction of sp³-hybridized carbons (Fsp3) is 0.167. The molecule has 0 aliphatic carbocycles. The van der Waals surface area contributed by atoms with Crippen LogP contribution in [0.3, 0.4) is 0 Å². The number of halogens is 1. The first-order chi connectivity index (χ1) is 11.5. The molecular weight excluding hydrogens is 328 g/mol. The number of hydrogen-bond acceptors (Lipinski definition) is 5. The Morgan fingerprint density at radius 2 is 1.75 bits per heavy atom. The van der Waals surface area contributed by atoms with Crippen LogP contribution in [0, 0.1) is 13.8 Å². The molecule has 3 rings (SSSR count). The van der Waals surface area contributed by atoms with E-state index < -0.39 is 5.97 Å². The van der Waals surface area contributed by atoms with Gasteiger partial charge in [0.1, 0.15) is 0 Å². The molecule has 2 aromatic carbocycles. The molecule has 1 heterocycles. The minimum atomic E-state index is -0.423. The molecular formula is C18H15ClN2O3. The van der Waals surface area contributed by atoms with Crippen LogP contribution < -0.4 is 0 Å². The summed E-state index contributed by atoms with van der Waals surface area (Å²) in [4.78, 5) is 12.1. The number of benzene rings is 2. The Labute approximate surface area is 144 Å². The van der Waals surface area contributed by atoms with Crippen molar-refractivity contribution < 1.29 is 13.9 Å². The number of ether oxygens (including phenoxy) is 1. The number of aryl methyl sites for hydroxylation is 2. The highest BCUT2D eigenvalue weighted by molar-refractivity contribution is 6.30. The lowest BCUT2D eigenvalue weighted by atomic mass is 10.1. The highest BCUT2D eigenvalue weighted by atomic mass is 35.5. The van der Waals surface area contributed by atoms with Gasteiger partial charge in [0.15, 0.2) is 6.61 Å². The van der Waals surface area contributed by atoms with Crippen LogP contribution in [0.5, 0.6) is 0 Å². The average molecular weight is 343 g/mol. The highest BCUT2D eigenvalue weighted by Gasteiger charge is 2.13. The molecule has 0 saturated heterocycles. The van der Waals surface area contributed by atoms with Gasteiger partial charge in [-0.15, -0.1) is 10.2 Å². The van der Waals surface area contributed by atoms with Gasteiger partial charge in [-0.1, -0.05) is 28.8 Å². The minimum Gasteiger partial charge on any atom is -0.452 e. The van der Waals surface area contributed by atoms with Crippen molar-refractivity contribution in [1.29, 1.82) is 0 Å². The molecule has 0 aliphatic heterocycles. The number of esters is 1. The Morgan fingerprint density at radius 3 is 2.42 bits per heavy atom. The van der Waals surface area contributed by atoms with Gasteiger partial charge in [-0.05, 0) is 50.2 Å². The normalized spacial score (nSPS) is 10.6. The van der Waals surface area contributed by atoms with Crippen LogP contribution >= 0.6 is 11.6 Å². The summed E-state index contributed by atoms with van der Waals surface area (Å²) in [5.74, 6) is 0.162. The van der Waals surface area contributed by atoms with Crippen LogP contribution in [0.2, 0.25) is 5.02 Å². The first-order valence-corrected chi connectivity index (χ1v) is 7.73. The standard InChI is InChI=1S/C18H15ClN2O3/c1-11-7-12(2)9-14(8-11)18(22)23-10-16-20-21-17(24-16)13-3-5-15(19)6-4-13/h3-9H,10H2,1-2H3. The lowest BCUT2D eigenvalue weighted by Crippen LogP contribution is -2.06. The van der Waals surface area contributed by atoms with E-state index in [4.69, 9.17) is 20.8 Å². The third-order valence-electron chi connectivity index (χ3n) is 3.34. The zero-order valence-corrected chi connectivity index (χ0v) is 14.0. The molecule has 122 valence electrons. The van der Waals surface area contributed by atoms with Crippen molar-refractivity contribution in [2.24, 2.45) is 0 Å². The predicted octanol–water partition coefficient (Wildman–Crippen LogP) is 4.36. The molecule has 0 aliphatic rings. The van der Waals surface area contributed by atoms with Crippen molar-refractivity contribution in [2.75, 3.05) is 0 Å². The van der Waals surface area contributed by atoms with Gasteiger partial charge in [0.25, 0.3) is 5.89 Å². The van der Waals surface area contributed by atoms with Crippen molar-refractivity contribution in [3.8, 4) is 11.5 Å². The van der Waals surface area contributed by atoms with Crippen molar-refractivity contribution in [2.45, 2.75) is 20.5 Å². The largest absolute Gasteiger partial charge is 0.452 e. The molecule has 0 fully saturated rings. The summed E-state index contributed by atoms with van der Waals surface area (Å²) in [6.07, 6.45) is 0. The van der Waals surface area contributed by atoms with Crippen LogP contribution in [-0.4, -0.2) is 16.2 Å². The van der Waals surface area contributed by atoms with E-state index in [1.165, 1.54) is 0 Å². The first-order valence-electron chi connectivity index (χ1n) is 7.35. The number of hydrogen-bond donors (Lipinski definition) is 0. The minimum absolute atomic E-state index is 0.0770. The van der Waals surface area contributed by atoms with Crippen LogP contribution in [0.15, 0.2) is 46.9 Å². The Morgan fingerprint density at radius 1 is 1.08 bits per heavy atom. The third-order valence-corrected chi connectivity index (χ3v) is 3.59. The van der Waals surface area contributed by atoms with E-state index in [1.807, 2.05) is 19.9 Å². The van der Waals surface area contributed by atoms with E-state index in [-0.39, 0.29) is 12.5 Å². The van der Waals surface area contributed by atoms with E-state index in [2.05, 4.69) is 10.2 Å². The summed E-state index contributed by atoms with van der Waals surface area (Å²) in [7, 11) is 0. The van der Waals surface area contributed by atoms with Crippen molar-refractivity contribution >= 4 is 17.6 Å². The fourth-order valence-corrected chi connectivity index (χ4v) is 2.45. The fourth-order valence-electron chi connectivity index (χ4n) is 2.32. The van der Waals surface area contributed by atoms with Gasteiger partial charge < -0.3 is 9.15 Å². The molecule has 0 radical (unpaired) electrons. The summed E-state index contributed by atoms with van der Waals surface area (Å²) in [6, 6.07) is 12.6. The first kappa shape index (κ1) is 16.2. The Bertz CT molecular complexity index is 852. The molecule has 24 heavy (non-hydrogen) atoms. The monoisotopic (exact) mass is 342 g/mol. The molecule has 0 spiro atoms. The van der Waals surface area contributed by atoms with Gasteiger partial charge in [0.05, 0.1) is 5.56 Å². The van der Waals surface area contributed by atoms with Crippen LogP contribution in [0.1, 0.15) is 27.4 Å². The number of rotatable bonds is 4. The molecule has 5 nitrogen and oxygen atoms in total. The summed E-state index contributed by atoms with van der Waals surface area (Å²) in [5.41, 5.74) is 3.26. The molecule has 0 saturated carbocycles. The molecule has 3 aromatic rings. The zero-order valence-electron chi connectivity index (χ0n) is 13.2. The van der Waals surface area contributed by atoms with Crippen molar-refractivity contribution in [3.05, 3.63) is 70.1 Å². The van der Waals surface area contributed by atoms with E-state index >= 15 is 0 Å². The van der Waals surface area contributed by atoms with Crippen LogP contribution in [0.4, 0.5) is 0 Å². The maximum Gasteiger partial charge on any atom is 0.338 e. The second-order valence-electron chi connectivity index (χ2n) is 5.46. The summed E-state index contributed by atoms with van der Waals surface area (Å²) in [5, 5.41) is 8.46. The van der Waals surface area contributed by atoms with Crippen molar-refractivity contribution in [1.82, 2.24) is 10.2 Å². The number of carbonyl (C=O) groups excluding carboxylic acids is 1. The second kappa shape index (κ2) is 6.84. The topological polar surface area (TPSA) is 65.2 Å². The van der Waals surface area contributed by atoms with Gasteiger partial charge in [0, 0.05) is 10.6 Å². The van der Waals surface area contributed by atoms with Gasteiger partial charge in [0.2, 0.25) is 5.89 Å². The van der Waals surface area contributed by atoms with Gasteiger partial charge >= 0.3 is 5.97 Å². The summed E-state index contributed by atoms with van der Waals surface area (Å²) < 4.78 is 10.7.